The van der Waals surface area contributed by atoms with Gasteiger partial charge in [-0.05, 0) is 25.0 Å². The molecular formula is C14H17N3O2. The number of carbonyl (C=O) groups is 1. The Morgan fingerprint density at radius 2 is 2.37 bits per heavy atom. The highest BCUT2D eigenvalue weighted by Crippen LogP contribution is 2.32. The Morgan fingerprint density at radius 1 is 1.53 bits per heavy atom. The van der Waals surface area contributed by atoms with Crippen molar-refractivity contribution >= 4 is 17.8 Å². The van der Waals surface area contributed by atoms with E-state index in [0.29, 0.717) is 18.3 Å². The van der Waals surface area contributed by atoms with Crippen LogP contribution in [-0.4, -0.2) is 42.0 Å². The number of pyridine rings is 1. The second-order valence-electron chi connectivity index (χ2n) is 4.78. The van der Waals surface area contributed by atoms with Gasteiger partial charge < -0.3 is 9.64 Å². The number of aldehydes is 1. The molecule has 0 bridgehead atoms. The van der Waals surface area contributed by atoms with E-state index in [9.17, 15) is 4.79 Å². The molecule has 0 saturated heterocycles. The number of rotatable bonds is 6. The van der Waals surface area contributed by atoms with E-state index in [1.54, 1.807) is 7.11 Å². The minimum Gasteiger partial charge on any atom is -0.383 e. The van der Waals surface area contributed by atoms with Crippen molar-refractivity contribution in [3.05, 3.63) is 30.1 Å². The molecule has 0 atom stereocenters. The second-order valence-corrected chi connectivity index (χ2v) is 4.78. The molecule has 0 spiro atoms. The number of fused-ring (bicyclic) bond motifs is 1. The number of aromatic nitrogens is 2. The third-order valence-electron chi connectivity index (χ3n) is 3.46. The average Bonchev–Trinajstić information content (AvgIpc) is 3.20. The molecule has 1 aliphatic rings. The van der Waals surface area contributed by atoms with Crippen LogP contribution in [0.5, 0.6) is 0 Å². The monoisotopic (exact) mass is 259 g/mol. The van der Waals surface area contributed by atoms with Gasteiger partial charge in [-0.15, -0.1) is 0 Å². The molecule has 0 aromatic carbocycles. The van der Waals surface area contributed by atoms with E-state index in [2.05, 4.69) is 9.88 Å². The van der Waals surface area contributed by atoms with Crippen molar-refractivity contribution in [1.29, 1.82) is 0 Å². The third kappa shape index (κ3) is 2.21. The zero-order chi connectivity index (χ0) is 13.2. The van der Waals surface area contributed by atoms with Crippen LogP contribution >= 0.6 is 0 Å². The maximum absolute atomic E-state index is 11.4. The van der Waals surface area contributed by atoms with Crippen LogP contribution in [0.4, 0.5) is 5.82 Å². The predicted octanol–water partition coefficient (Wildman–Crippen LogP) is 1.76. The molecule has 5 heteroatoms. The normalized spacial score (nSPS) is 14.8. The topological polar surface area (TPSA) is 46.8 Å². The number of imidazole rings is 1. The van der Waals surface area contributed by atoms with Gasteiger partial charge >= 0.3 is 0 Å². The second kappa shape index (κ2) is 5.01. The summed E-state index contributed by atoms with van der Waals surface area (Å²) in [6, 6.07) is 6.25. The van der Waals surface area contributed by atoms with Crippen molar-refractivity contribution in [2.24, 2.45) is 0 Å². The lowest BCUT2D eigenvalue weighted by molar-refractivity contribution is 0.111. The van der Waals surface area contributed by atoms with E-state index in [4.69, 9.17) is 4.74 Å². The van der Waals surface area contributed by atoms with Gasteiger partial charge in [0, 0.05) is 25.9 Å². The molecule has 2 aromatic heterocycles. The summed E-state index contributed by atoms with van der Waals surface area (Å²) in [6.07, 6.45) is 5.08. The smallest absolute Gasteiger partial charge is 0.170 e. The van der Waals surface area contributed by atoms with E-state index < -0.39 is 0 Å². The van der Waals surface area contributed by atoms with Gasteiger partial charge in [-0.3, -0.25) is 9.20 Å². The largest absolute Gasteiger partial charge is 0.383 e. The number of nitrogens with zero attached hydrogens (tertiary/aromatic N) is 3. The van der Waals surface area contributed by atoms with Crippen LogP contribution in [0.25, 0.3) is 5.65 Å². The molecule has 0 amide bonds. The Morgan fingerprint density at radius 3 is 3.05 bits per heavy atom. The molecule has 5 nitrogen and oxygen atoms in total. The fraction of sp³-hybridized carbons (Fsp3) is 0.429. The van der Waals surface area contributed by atoms with Gasteiger partial charge in [0.15, 0.2) is 12.1 Å². The number of anilines is 1. The number of ether oxygens (including phenoxy) is 1. The van der Waals surface area contributed by atoms with Gasteiger partial charge in [-0.1, -0.05) is 6.07 Å². The van der Waals surface area contributed by atoms with Crippen molar-refractivity contribution in [3.63, 3.8) is 0 Å². The van der Waals surface area contributed by atoms with Gasteiger partial charge in [0.25, 0.3) is 0 Å². The fourth-order valence-corrected chi connectivity index (χ4v) is 2.36. The molecule has 2 aromatic rings. The Bertz CT molecular complexity index is 589. The van der Waals surface area contributed by atoms with Crippen LogP contribution in [0.1, 0.15) is 23.3 Å². The number of methoxy groups -OCH3 is 1. The molecule has 1 aliphatic carbocycles. The van der Waals surface area contributed by atoms with E-state index in [1.807, 2.05) is 28.8 Å². The number of hydrogen-bond acceptors (Lipinski definition) is 4. The molecule has 1 fully saturated rings. The summed E-state index contributed by atoms with van der Waals surface area (Å²) >= 11 is 0. The first-order chi connectivity index (χ1) is 9.35. The standard InChI is InChI=1S/C14H17N3O2/c1-19-9-8-16(11-5-6-11)14-12(10-18)17-7-3-2-4-13(17)15-14/h2-4,7,10-11H,5-6,8-9H2,1H3. The van der Waals surface area contributed by atoms with Crippen LogP contribution in [0, 0.1) is 0 Å². The number of hydrogen-bond donors (Lipinski definition) is 0. The van der Waals surface area contributed by atoms with Gasteiger partial charge in [-0.25, -0.2) is 4.98 Å². The summed E-state index contributed by atoms with van der Waals surface area (Å²) in [4.78, 5) is 18.2. The summed E-state index contributed by atoms with van der Waals surface area (Å²) in [5.41, 5.74) is 1.43. The lowest BCUT2D eigenvalue weighted by atomic mass is 10.3. The molecule has 100 valence electrons. The molecular weight excluding hydrogens is 242 g/mol. The van der Waals surface area contributed by atoms with E-state index in [-0.39, 0.29) is 0 Å². The van der Waals surface area contributed by atoms with Gasteiger partial charge in [0.1, 0.15) is 11.3 Å². The van der Waals surface area contributed by atoms with Crippen LogP contribution in [-0.2, 0) is 4.74 Å². The number of carbonyl (C=O) groups excluding carboxylic acids is 1. The molecule has 0 aliphatic heterocycles. The zero-order valence-corrected chi connectivity index (χ0v) is 11.0. The lowest BCUT2D eigenvalue weighted by Gasteiger charge is -2.22. The summed E-state index contributed by atoms with van der Waals surface area (Å²) in [5, 5.41) is 0. The molecule has 0 radical (unpaired) electrons. The lowest BCUT2D eigenvalue weighted by Crippen LogP contribution is -2.30. The van der Waals surface area contributed by atoms with E-state index >= 15 is 0 Å². The van der Waals surface area contributed by atoms with Crippen molar-refractivity contribution in [2.75, 3.05) is 25.2 Å². The molecule has 0 N–H and O–H groups in total. The summed E-state index contributed by atoms with van der Waals surface area (Å²) in [5.74, 6) is 0.778. The van der Waals surface area contributed by atoms with Gasteiger partial charge in [0.05, 0.1) is 6.61 Å². The first-order valence-electron chi connectivity index (χ1n) is 6.53. The first kappa shape index (κ1) is 12.2. The molecule has 0 unspecified atom stereocenters. The van der Waals surface area contributed by atoms with Gasteiger partial charge in [-0.2, -0.15) is 0 Å². The Kier molecular flexibility index (Phi) is 3.21. The van der Waals surface area contributed by atoms with Crippen LogP contribution in [0.2, 0.25) is 0 Å². The first-order valence-corrected chi connectivity index (χ1v) is 6.53. The van der Waals surface area contributed by atoms with Gasteiger partial charge in [0.2, 0.25) is 0 Å². The minimum atomic E-state index is 0.499. The average molecular weight is 259 g/mol. The van der Waals surface area contributed by atoms with Crippen molar-refractivity contribution in [2.45, 2.75) is 18.9 Å². The summed E-state index contributed by atoms with van der Waals surface area (Å²) < 4.78 is 6.99. The van der Waals surface area contributed by atoms with Crippen molar-refractivity contribution in [1.82, 2.24) is 9.38 Å². The van der Waals surface area contributed by atoms with Crippen molar-refractivity contribution in [3.8, 4) is 0 Å². The maximum Gasteiger partial charge on any atom is 0.170 e. The molecule has 19 heavy (non-hydrogen) atoms. The SMILES string of the molecule is COCCN(c1nc2ccccn2c1C=O)C1CC1. The third-order valence-corrected chi connectivity index (χ3v) is 3.46. The quantitative estimate of drug-likeness (QED) is 0.742. The molecule has 2 heterocycles. The van der Waals surface area contributed by atoms with E-state index in [0.717, 1.165) is 37.1 Å². The van der Waals surface area contributed by atoms with Crippen LogP contribution < -0.4 is 4.90 Å². The Hall–Kier alpha value is -1.88. The molecule has 3 rings (SSSR count). The zero-order valence-electron chi connectivity index (χ0n) is 11.0. The highest BCUT2D eigenvalue weighted by atomic mass is 16.5. The molecule has 1 saturated carbocycles. The fourth-order valence-electron chi connectivity index (χ4n) is 2.36. The highest BCUT2D eigenvalue weighted by Gasteiger charge is 2.32. The Labute approximate surface area is 111 Å². The maximum atomic E-state index is 11.4. The summed E-state index contributed by atoms with van der Waals surface area (Å²) in [7, 11) is 1.69. The Balaban J connectivity index is 2.03. The van der Waals surface area contributed by atoms with Crippen LogP contribution in [0.15, 0.2) is 24.4 Å². The van der Waals surface area contributed by atoms with Crippen molar-refractivity contribution < 1.29 is 9.53 Å². The summed E-state index contributed by atoms with van der Waals surface area (Å²) in [6.45, 7) is 1.41. The predicted molar refractivity (Wildman–Crippen MR) is 72.8 cm³/mol. The highest BCUT2D eigenvalue weighted by molar-refractivity contribution is 5.83. The van der Waals surface area contributed by atoms with E-state index in [1.165, 1.54) is 0 Å². The minimum absolute atomic E-state index is 0.499. The van der Waals surface area contributed by atoms with Crippen LogP contribution in [0.3, 0.4) is 0 Å².